The SMILES string of the molecule is Cc1cn([C@H]2CC(N=[N+]=[N-])[C@@H](COC(=O)CCCCCCCCCCN=[N+]=[N-])O2)c(=O)[nH]c1=O. The van der Waals surface area contributed by atoms with Crippen LogP contribution >= 0.6 is 0 Å². The molecule has 1 saturated heterocycles. The Morgan fingerprint density at radius 1 is 1.15 bits per heavy atom. The van der Waals surface area contributed by atoms with Gasteiger partial charge in [-0.15, -0.1) is 0 Å². The highest BCUT2D eigenvalue weighted by atomic mass is 16.6. The van der Waals surface area contributed by atoms with Crippen LogP contribution in [0.25, 0.3) is 20.9 Å². The molecule has 34 heavy (non-hydrogen) atoms. The zero-order valence-electron chi connectivity index (χ0n) is 19.5. The summed E-state index contributed by atoms with van der Waals surface area (Å²) in [5.41, 5.74) is 16.3. The van der Waals surface area contributed by atoms with Gasteiger partial charge >= 0.3 is 11.7 Å². The molecule has 0 radical (unpaired) electrons. The summed E-state index contributed by atoms with van der Waals surface area (Å²) in [6, 6.07) is -0.603. The van der Waals surface area contributed by atoms with E-state index >= 15 is 0 Å². The highest BCUT2D eigenvalue weighted by molar-refractivity contribution is 5.69. The van der Waals surface area contributed by atoms with Crippen molar-refractivity contribution in [2.24, 2.45) is 10.2 Å². The van der Waals surface area contributed by atoms with Gasteiger partial charge in [0, 0.05) is 41.0 Å². The van der Waals surface area contributed by atoms with Gasteiger partial charge in [-0.25, -0.2) is 4.79 Å². The molecule has 2 heterocycles. The average molecular weight is 477 g/mol. The first kappa shape index (κ1) is 27.0. The molecule has 2 rings (SSSR count). The first-order chi connectivity index (χ1) is 16.5. The Hall–Kier alpha value is -3.27. The summed E-state index contributed by atoms with van der Waals surface area (Å²) in [5.74, 6) is -0.346. The fourth-order valence-corrected chi connectivity index (χ4v) is 3.83. The molecule has 0 spiro atoms. The van der Waals surface area contributed by atoms with Gasteiger partial charge in [-0.2, -0.15) is 0 Å². The van der Waals surface area contributed by atoms with E-state index in [1.165, 1.54) is 10.8 Å². The minimum absolute atomic E-state index is 0.0774. The minimum atomic E-state index is -0.735. The predicted octanol–water partition coefficient (Wildman–Crippen LogP) is 4.18. The van der Waals surface area contributed by atoms with Crippen LogP contribution in [-0.4, -0.2) is 40.8 Å². The van der Waals surface area contributed by atoms with Crippen LogP contribution in [0.4, 0.5) is 0 Å². The minimum Gasteiger partial charge on any atom is -0.463 e. The van der Waals surface area contributed by atoms with Crippen LogP contribution in [0.1, 0.15) is 76.0 Å². The molecule has 1 aromatic rings. The highest BCUT2D eigenvalue weighted by Gasteiger charge is 2.37. The lowest BCUT2D eigenvalue weighted by atomic mass is 10.1. The first-order valence-electron chi connectivity index (χ1n) is 11.6. The van der Waals surface area contributed by atoms with Crippen molar-refractivity contribution in [3.8, 4) is 0 Å². The van der Waals surface area contributed by atoms with E-state index in [-0.39, 0.29) is 19.0 Å². The molecule has 1 aliphatic rings. The lowest BCUT2D eigenvalue weighted by Crippen LogP contribution is -2.33. The fourth-order valence-electron chi connectivity index (χ4n) is 3.83. The molecule has 1 unspecified atom stereocenters. The molecule has 1 aromatic heterocycles. The zero-order valence-corrected chi connectivity index (χ0v) is 19.5. The van der Waals surface area contributed by atoms with Crippen molar-refractivity contribution in [1.82, 2.24) is 9.55 Å². The molecule has 1 aliphatic heterocycles. The second-order valence-electron chi connectivity index (χ2n) is 8.33. The molecule has 0 saturated carbocycles. The van der Waals surface area contributed by atoms with Crippen LogP contribution in [0.5, 0.6) is 0 Å². The number of aryl methyl sites for hydroxylation is 1. The summed E-state index contributed by atoms with van der Waals surface area (Å²) in [4.78, 5) is 43.6. The van der Waals surface area contributed by atoms with Crippen molar-refractivity contribution in [3.63, 3.8) is 0 Å². The monoisotopic (exact) mass is 476 g/mol. The summed E-state index contributed by atoms with van der Waals surface area (Å²) in [7, 11) is 0. The number of hydrogen-bond acceptors (Lipinski definition) is 7. The van der Waals surface area contributed by atoms with Crippen LogP contribution < -0.4 is 11.2 Å². The number of unbranched alkanes of at least 4 members (excludes halogenated alkanes) is 7. The quantitative estimate of drug-likeness (QED) is 0.130. The van der Waals surface area contributed by atoms with Gasteiger partial charge < -0.3 is 9.47 Å². The van der Waals surface area contributed by atoms with Gasteiger partial charge in [0.2, 0.25) is 0 Å². The van der Waals surface area contributed by atoms with E-state index in [0.717, 1.165) is 51.4 Å². The Balaban J connectivity index is 1.68. The number of azide groups is 2. The lowest BCUT2D eigenvalue weighted by molar-refractivity contribution is -0.148. The van der Waals surface area contributed by atoms with E-state index in [2.05, 4.69) is 25.0 Å². The van der Waals surface area contributed by atoms with E-state index in [0.29, 0.717) is 18.5 Å². The predicted molar refractivity (Wildman–Crippen MR) is 124 cm³/mol. The summed E-state index contributed by atoms with van der Waals surface area (Å²) in [6.45, 7) is 2.05. The molecular formula is C21H32N8O5. The summed E-state index contributed by atoms with van der Waals surface area (Å²) >= 11 is 0. The molecule has 13 nitrogen and oxygen atoms in total. The molecule has 0 bridgehead atoms. The van der Waals surface area contributed by atoms with Crippen LogP contribution in [0.3, 0.4) is 0 Å². The maximum atomic E-state index is 12.1. The number of nitrogens with zero attached hydrogens (tertiary/aromatic N) is 7. The van der Waals surface area contributed by atoms with Gasteiger partial charge in [0.05, 0.1) is 6.04 Å². The number of H-pyrrole nitrogens is 1. The Kier molecular flexibility index (Phi) is 11.7. The second-order valence-corrected chi connectivity index (χ2v) is 8.33. The Labute approximate surface area is 196 Å². The maximum Gasteiger partial charge on any atom is 0.330 e. The van der Waals surface area contributed by atoms with E-state index in [9.17, 15) is 14.4 Å². The van der Waals surface area contributed by atoms with Crippen LogP contribution in [0.15, 0.2) is 26.0 Å². The standard InChI is InChI=1S/C21H32N8O5/c1-15-13-29(21(32)25-20(15)31)18-12-16(26-28-23)17(34-18)14-33-19(30)10-8-6-4-2-3-5-7-9-11-24-27-22/h13,16-18H,2-12,14H2,1H3,(H,25,31,32)/t16?,17-,18-/m1/s1. The number of nitrogens with one attached hydrogen (secondary N) is 1. The summed E-state index contributed by atoms with van der Waals surface area (Å²) in [5, 5.41) is 7.23. The molecule has 0 aromatic carbocycles. The number of ether oxygens (including phenoxy) is 2. The van der Waals surface area contributed by atoms with Crippen molar-refractivity contribution >= 4 is 5.97 Å². The van der Waals surface area contributed by atoms with Gasteiger partial charge in [-0.1, -0.05) is 48.8 Å². The van der Waals surface area contributed by atoms with Gasteiger partial charge in [0.25, 0.3) is 5.56 Å². The third-order valence-corrected chi connectivity index (χ3v) is 5.72. The number of rotatable bonds is 15. The van der Waals surface area contributed by atoms with Crippen molar-refractivity contribution < 1.29 is 14.3 Å². The molecular weight excluding hydrogens is 444 g/mol. The third kappa shape index (κ3) is 8.93. The number of hydrogen-bond donors (Lipinski definition) is 1. The summed E-state index contributed by atoms with van der Waals surface area (Å²) in [6.07, 6.45) is 8.54. The average Bonchev–Trinajstić information content (AvgIpc) is 3.21. The Bertz CT molecular complexity index is 1010. The van der Waals surface area contributed by atoms with Gasteiger partial charge in [-0.3, -0.25) is 19.1 Å². The van der Waals surface area contributed by atoms with Gasteiger partial charge in [0.15, 0.2) is 0 Å². The molecule has 0 aliphatic carbocycles. The van der Waals surface area contributed by atoms with Crippen LogP contribution in [-0.2, 0) is 14.3 Å². The largest absolute Gasteiger partial charge is 0.463 e. The van der Waals surface area contributed by atoms with E-state index in [4.69, 9.17) is 20.5 Å². The normalized spacial score (nSPS) is 19.3. The van der Waals surface area contributed by atoms with Crippen molar-refractivity contribution in [2.75, 3.05) is 13.2 Å². The van der Waals surface area contributed by atoms with Crippen molar-refractivity contribution in [1.29, 1.82) is 0 Å². The van der Waals surface area contributed by atoms with Gasteiger partial charge in [0.1, 0.15) is 18.9 Å². The summed E-state index contributed by atoms with van der Waals surface area (Å²) < 4.78 is 12.4. The van der Waals surface area contributed by atoms with Crippen LogP contribution in [0, 0.1) is 6.92 Å². The number of carbonyl (C=O) groups is 1. The second kappa shape index (κ2) is 14.8. The topological polar surface area (TPSA) is 188 Å². The number of esters is 1. The van der Waals surface area contributed by atoms with Gasteiger partial charge in [-0.05, 0) is 30.8 Å². The highest BCUT2D eigenvalue weighted by Crippen LogP contribution is 2.30. The Morgan fingerprint density at radius 2 is 1.82 bits per heavy atom. The molecule has 0 amide bonds. The molecule has 1 N–H and O–H groups in total. The van der Waals surface area contributed by atoms with E-state index in [1.54, 1.807) is 6.92 Å². The molecule has 1 fully saturated rings. The number of carbonyl (C=O) groups excluding carboxylic acids is 1. The maximum absolute atomic E-state index is 12.1. The molecule has 3 atom stereocenters. The lowest BCUT2D eigenvalue weighted by Gasteiger charge is -2.17. The third-order valence-electron chi connectivity index (χ3n) is 5.72. The van der Waals surface area contributed by atoms with E-state index < -0.39 is 29.6 Å². The zero-order chi connectivity index (χ0) is 24.8. The smallest absolute Gasteiger partial charge is 0.330 e. The van der Waals surface area contributed by atoms with Crippen LogP contribution in [0.2, 0.25) is 0 Å². The van der Waals surface area contributed by atoms with Crippen molar-refractivity contribution in [2.45, 2.75) is 89.5 Å². The molecule has 186 valence electrons. The number of aromatic amines is 1. The van der Waals surface area contributed by atoms with Crippen molar-refractivity contribution in [3.05, 3.63) is 53.5 Å². The van der Waals surface area contributed by atoms with E-state index in [1.807, 2.05) is 0 Å². The Morgan fingerprint density at radius 3 is 2.50 bits per heavy atom. The first-order valence-corrected chi connectivity index (χ1v) is 11.6. The fraction of sp³-hybridized carbons (Fsp3) is 0.762. The number of aromatic nitrogens is 2. The molecule has 13 heteroatoms.